The second-order valence-electron chi connectivity index (χ2n) is 10.3. The van der Waals surface area contributed by atoms with E-state index in [0.717, 1.165) is 48.5 Å². The van der Waals surface area contributed by atoms with Crippen molar-refractivity contribution in [2.24, 2.45) is 0 Å². The molecule has 4 aromatic carbocycles. The minimum Gasteiger partial charge on any atom is -0.462 e. The van der Waals surface area contributed by atoms with Gasteiger partial charge in [-0.15, -0.1) is 0 Å². The van der Waals surface area contributed by atoms with Crippen LogP contribution in [0.2, 0.25) is 10.0 Å². The van der Waals surface area contributed by atoms with Gasteiger partial charge in [-0.2, -0.15) is 26.3 Å². The van der Waals surface area contributed by atoms with E-state index in [1.54, 1.807) is 0 Å². The van der Waals surface area contributed by atoms with Crippen molar-refractivity contribution in [1.29, 1.82) is 0 Å². The minimum atomic E-state index is -4.67. The number of nitro benzene ring substituents is 2. The van der Waals surface area contributed by atoms with Gasteiger partial charge in [-0.1, -0.05) is 23.2 Å². The molecule has 0 N–H and O–H groups in total. The fourth-order valence-corrected chi connectivity index (χ4v) is 4.70. The highest BCUT2D eigenvalue weighted by Gasteiger charge is 2.32. The molecule has 0 aliphatic heterocycles. The van der Waals surface area contributed by atoms with Gasteiger partial charge in [0, 0.05) is 24.3 Å². The molecule has 0 saturated carbocycles. The van der Waals surface area contributed by atoms with Crippen molar-refractivity contribution >= 4 is 46.5 Å². The number of carbonyl (C=O) groups excluding carboxylic acids is 2. The summed E-state index contributed by atoms with van der Waals surface area (Å²) in [6.45, 7) is -0.665. The summed E-state index contributed by atoms with van der Waals surface area (Å²) in [5.74, 6) is -3.15. The van der Waals surface area contributed by atoms with E-state index in [-0.39, 0.29) is 49.1 Å². The van der Waals surface area contributed by atoms with Crippen LogP contribution < -0.4 is 9.47 Å². The standard InChI is InChI=1S/C32H20Cl2F6N2O10/c33-23-13-17(31(35,36)37)3-9-27(23)51-19-5-7-25(41(45)46)21(15-19)29(43)49-11-1-2-12-50-30(44)22-16-20(6-8-26(22)42(47)48)52-28-10-4-18(14-24(28)34)32(38,39)40/h3-10,13-16H,1-2,11-12H2. The third kappa shape index (κ3) is 10.0. The van der Waals surface area contributed by atoms with Crippen LogP contribution in [0.3, 0.4) is 0 Å². The molecule has 0 bridgehead atoms. The molecule has 0 spiro atoms. The van der Waals surface area contributed by atoms with Crippen LogP contribution in [0.5, 0.6) is 23.0 Å². The van der Waals surface area contributed by atoms with Crippen molar-refractivity contribution in [3.8, 4) is 23.0 Å². The Morgan fingerprint density at radius 1 is 0.596 bits per heavy atom. The van der Waals surface area contributed by atoms with Gasteiger partial charge >= 0.3 is 24.3 Å². The van der Waals surface area contributed by atoms with Crippen molar-refractivity contribution in [1.82, 2.24) is 0 Å². The van der Waals surface area contributed by atoms with Crippen LogP contribution in [0.25, 0.3) is 0 Å². The topological polar surface area (TPSA) is 157 Å². The van der Waals surface area contributed by atoms with Crippen LogP contribution in [-0.4, -0.2) is 35.0 Å². The molecule has 0 fully saturated rings. The van der Waals surface area contributed by atoms with Gasteiger partial charge in [0.2, 0.25) is 0 Å². The number of halogens is 8. The highest BCUT2D eigenvalue weighted by atomic mass is 35.5. The summed E-state index contributed by atoms with van der Waals surface area (Å²) in [6.07, 6.45) is -9.26. The number of nitro groups is 2. The molecule has 20 heteroatoms. The van der Waals surface area contributed by atoms with Gasteiger partial charge in [0.1, 0.15) is 34.1 Å². The highest BCUT2D eigenvalue weighted by Crippen LogP contribution is 2.39. The van der Waals surface area contributed by atoms with Crippen LogP contribution >= 0.6 is 23.2 Å². The van der Waals surface area contributed by atoms with Crippen molar-refractivity contribution in [3.05, 3.63) is 125 Å². The molecular formula is C32H20Cl2F6N2O10. The maximum Gasteiger partial charge on any atom is 0.416 e. The van der Waals surface area contributed by atoms with E-state index in [4.69, 9.17) is 42.1 Å². The normalized spacial score (nSPS) is 11.5. The zero-order chi connectivity index (χ0) is 38.4. The lowest BCUT2D eigenvalue weighted by Crippen LogP contribution is -2.12. The smallest absolute Gasteiger partial charge is 0.416 e. The average molecular weight is 777 g/mol. The summed E-state index contributed by atoms with van der Waals surface area (Å²) in [5.41, 5.74) is -4.53. The first-order valence-corrected chi connectivity index (χ1v) is 15.1. The number of hydrogen-bond acceptors (Lipinski definition) is 10. The lowest BCUT2D eigenvalue weighted by atomic mass is 10.1. The van der Waals surface area contributed by atoms with Crippen LogP contribution in [0.1, 0.15) is 44.7 Å². The Morgan fingerprint density at radius 3 is 1.27 bits per heavy atom. The van der Waals surface area contributed by atoms with Gasteiger partial charge in [-0.25, -0.2) is 9.59 Å². The number of benzene rings is 4. The molecule has 0 saturated heterocycles. The van der Waals surface area contributed by atoms with E-state index in [9.17, 15) is 56.2 Å². The van der Waals surface area contributed by atoms with Crippen LogP contribution in [0.4, 0.5) is 37.7 Å². The SMILES string of the molecule is O=C(OCCCCOC(=O)c1cc(Oc2ccc(C(F)(F)F)cc2Cl)ccc1[N+](=O)[O-])c1cc(Oc2ccc(C(F)(F)F)cc2Cl)ccc1[N+](=O)[O-]. The first-order valence-electron chi connectivity index (χ1n) is 14.4. The van der Waals surface area contributed by atoms with Crippen molar-refractivity contribution in [3.63, 3.8) is 0 Å². The molecule has 0 aromatic heterocycles. The fourth-order valence-electron chi connectivity index (χ4n) is 4.27. The predicted octanol–water partition coefficient (Wildman–Crippen LogP) is 10.2. The van der Waals surface area contributed by atoms with Crippen molar-refractivity contribution in [2.45, 2.75) is 25.2 Å². The number of unbranched alkanes of at least 4 members (excludes halogenated alkanes) is 1. The van der Waals surface area contributed by atoms with E-state index in [2.05, 4.69) is 0 Å². The molecule has 0 aliphatic rings. The Kier molecular flexibility index (Phi) is 12.2. The van der Waals surface area contributed by atoms with Crippen LogP contribution in [-0.2, 0) is 21.8 Å². The van der Waals surface area contributed by atoms with Gasteiger partial charge < -0.3 is 18.9 Å². The number of alkyl halides is 6. The second kappa shape index (κ2) is 16.2. The van der Waals surface area contributed by atoms with Crippen molar-refractivity contribution < 1.29 is 64.7 Å². The fraction of sp³-hybridized carbons (Fsp3) is 0.188. The minimum absolute atomic E-state index is 0.0435. The first-order chi connectivity index (χ1) is 24.3. The highest BCUT2D eigenvalue weighted by molar-refractivity contribution is 6.32. The van der Waals surface area contributed by atoms with E-state index < -0.39 is 77.8 Å². The lowest BCUT2D eigenvalue weighted by molar-refractivity contribution is -0.385. The van der Waals surface area contributed by atoms with Gasteiger partial charge in [0.25, 0.3) is 11.4 Å². The van der Waals surface area contributed by atoms with E-state index in [1.165, 1.54) is 0 Å². The lowest BCUT2D eigenvalue weighted by Gasteiger charge is -2.12. The molecule has 52 heavy (non-hydrogen) atoms. The van der Waals surface area contributed by atoms with Crippen LogP contribution in [0, 0.1) is 20.2 Å². The zero-order valence-corrected chi connectivity index (χ0v) is 27.3. The number of carbonyl (C=O) groups is 2. The third-order valence-corrected chi connectivity index (χ3v) is 7.34. The monoisotopic (exact) mass is 776 g/mol. The Balaban J connectivity index is 1.34. The maximum absolute atomic E-state index is 12.9. The summed E-state index contributed by atoms with van der Waals surface area (Å²) in [6, 6.07) is 10.4. The molecule has 4 aromatic rings. The Morgan fingerprint density at radius 2 is 0.962 bits per heavy atom. The number of ether oxygens (including phenoxy) is 4. The summed E-state index contributed by atoms with van der Waals surface area (Å²) in [5, 5.41) is 22.2. The Labute approximate surface area is 297 Å². The van der Waals surface area contributed by atoms with Crippen molar-refractivity contribution in [2.75, 3.05) is 13.2 Å². The average Bonchev–Trinajstić information content (AvgIpc) is 3.06. The summed E-state index contributed by atoms with van der Waals surface area (Å²) in [4.78, 5) is 46.7. The van der Waals surface area contributed by atoms with Crippen LogP contribution in [0.15, 0.2) is 72.8 Å². The Hall–Kier alpha value is -5.62. The van der Waals surface area contributed by atoms with Gasteiger partial charge in [-0.05, 0) is 61.4 Å². The molecule has 4 rings (SSSR count). The summed E-state index contributed by atoms with van der Waals surface area (Å²) in [7, 11) is 0. The summed E-state index contributed by atoms with van der Waals surface area (Å²) >= 11 is 11.8. The van der Waals surface area contributed by atoms with E-state index >= 15 is 0 Å². The molecule has 0 atom stereocenters. The van der Waals surface area contributed by atoms with Gasteiger partial charge in [0.05, 0.1) is 44.2 Å². The molecule has 274 valence electrons. The number of hydrogen-bond donors (Lipinski definition) is 0. The molecule has 0 unspecified atom stereocenters. The maximum atomic E-state index is 12.9. The molecule has 0 radical (unpaired) electrons. The molecule has 0 amide bonds. The largest absolute Gasteiger partial charge is 0.462 e. The second-order valence-corrected chi connectivity index (χ2v) is 11.2. The Bertz CT molecular complexity index is 1880. The molecular weight excluding hydrogens is 757 g/mol. The summed E-state index contributed by atoms with van der Waals surface area (Å²) < 4.78 is 98.6. The number of nitrogens with zero attached hydrogens (tertiary/aromatic N) is 2. The number of esters is 2. The quantitative estimate of drug-likeness (QED) is 0.0421. The zero-order valence-electron chi connectivity index (χ0n) is 25.8. The molecule has 12 nitrogen and oxygen atoms in total. The van der Waals surface area contributed by atoms with Gasteiger partial charge in [0.15, 0.2) is 0 Å². The predicted molar refractivity (Wildman–Crippen MR) is 169 cm³/mol. The molecule has 0 heterocycles. The number of rotatable bonds is 13. The van der Waals surface area contributed by atoms with E-state index in [1.807, 2.05) is 0 Å². The molecule has 0 aliphatic carbocycles. The third-order valence-electron chi connectivity index (χ3n) is 6.75. The van der Waals surface area contributed by atoms with Gasteiger partial charge in [-0.3, -0.25) is 20.2 Å². The van der Waals surface area contributed by atoms with E-state index in [0.29, 0.717) is 24.3 Å². The first kappa shape index (κ1) is 39.2.